The molecule has 1 saturated heterocycles. The van der Waals surface area contributed by atoms with Crippen molar-refractivity contribution in [2.24, 2.45) is 0 Å². The fourth-order valence-electron chi connectivity index (χ4n) is 3.36. The Morgan fingerprint density at radius 1 is 1.06 bits per heavy atom. The first-order valence-corrected chi connectivity index (χ1v) is 10.8. The summed E-state index contributed by atoms with van der Waals surface area (Å²) in [7, 11) is 2.75. The second-order valence-corrected chi connectivity index (χ2v) is 7.90. The summed E-state index contributed by atoms with van der Waals surface area (Å²) in [6.45, 7) is 0.182. The number of hydrogen-bond acceptors (Lipinski definition) is 7. The molecule has 2 aromatic carbocycles. The molecule has 0 unspecified atom stereocenters. The molecule has 2 heterocycles. The molecule has 4 rings (SSSR count). The van der Waals surface area contributed by atoms with E-state index in [1.54, 1.807) is 54.6 Å². The van der Waals surface area contributed by atoms with Crippen molar-refractivity contribution in [3.63, 3.8) is 0 Å². The highest BCUT2D eigenvalue weighted by Gasteiger charge is 2.33. The Morgan fingerprint density at radius 3 is 2.54 bits per heavy atom. The molecule has 1 N–H and O–H groups in total. The van der Waals surface area contributed by atoms with E-state index >= 15 is 0 Å². The van der Waals surface area contributed by atoms with E-state index in [4.69, 9.17) is 25.5 Å². The summed E-state index contributed by atoms with van der Waals surface area (Å²) < 4.78 is 21.2. The number of imide groups is 1. The number of halogens is 1. The van der Waals surface area contributed by atoms with Crippen molar-refractivity contribution in [1.82, 2.24) is 10.2 Å². The van der Waals surface area contributed by atoms with Gasteiger partial charge < -0.3 is 23.9 Å². The summed E-state index contributed by atoms with van der Waals surface area (Å²) in [4.78, 5) is 37.8. The third-order valence-corrected chi connectivity index (χ3v) is 5.39. The topological polar surface area (TPSA) is 107 Å². The summed E-state index contributed by atoms with van der Waals surface area (Å²) in [5.74, 6) is 0.327. The predicted octanol–water partition coefficient (Wildman–Crippen LogP) is 4.40. The molecule has 35 heavy (non-hydrogen) atoms. The first-order valence-electron chi connectivity index (χ1n) is 10.4. The highest BCUT2D eigenvalue weighted by atomic mass is 35.5. The molecule has 0 aliphatic carbocycles. The fourth-order valence-corrected chi connectivity index (χ4v) is 3.49. The lowest BCUT2D eigenvalue weighted by molar-refractivity contribution is -0.123. The minimum atomic E-state index is -0.577. The van der Waals surface area contributed by atoms with Crippen LogP contribution in [0.1, 0.15) is 27.4 Å². The van der Waals surface area contributed by atoms with Crippen molar-refractivity contribution in [3.05, 3.63) is 88.0 Å². The highest BCUT2D eigenvalue weighted by Crippen LogP contribution is 2.30. The molecule has 1 aliphatic rings. The van der Waals surface area contributed by atoms with Gasteiger partial charge in [0, 0.05) is 5.02 Å². The molecular weight excluding hydrogens is 476 g/mol. The normalized spacial score (nSPS) is 14.3. The molecule has 180 valence electrons. The minimum Gasteiger partial charge on any atom is -0.493 e. The van der Waals surface area contributed by atoms with Gasteiger partial charge in [0.15, 0.2) is 11.5 Å². The van der Waals surface area contributed by atoms with Crippen LogP contribution >= 0.6 is 11.6 Å². The van der Waals surface area contributed by atoms with E-state index in [1.165, 1.54) is 20.3 Å². The van der Waals surface area contributed by atoms with E-state index in [9.17, 15) is 14.4 Å². The van der Waals surface area contributed by atoms with Gasteiger partial charge in [0.1, 0.15) is 18.1 Å². The summed E-state index contributed by atoms with van der Waals surface area (Å²) >= 11 is 5.89. The molecule has 1 aromatic heterocycles. The van der Waals surface area contributed by atoms with E-state index in [0.717, 1.165) is 10.5 Å². The van der Waals surface area contributed by atoms with Crippen molar-refractivity contribution >= 4 is 35.6 Å². The zero-order chi connectivity index (χ0) is 24.9. The van der Waals surface area contributed by atoms with Crippen molar-refractivity contribution in [2.75, 3.05) is 14.2 Å². The molecule has 9 nitrogen and oxygen atoms in total. The van der Waals surface area contributed by atoms with E-state index in [2.05, 4.69) is 10.1 Å². The maximum Gasteiger partial charge on any atom is 0.373 e. The molecule has 1 aliphatic heterocycles. The maximum atomic E-state index is 12.8. The van der Waals surface area contributed by atoms with Crippen LogP contribution in [-0.2, 0) is 22.7 Å². The largest absolute Gasteiger partial charge is 0.493 e. The molecule has 10 heteroatoms. The van der Waals surface area contributed by atoms with Crippen molar-refractivity contribution in [3.8, 4) is 11.5 Å². The van der Waals surface area contributed by atoms with Gasteiger partial charge in [-0.1, -0.05) is 29.8 Å². The molecule has 0 spiro atoms. The Hall–Kier alpha value is -4.24. The van der Waals surface area contributed by atoms with Crippen molar-refractivity contribution in [2.45, 2.75) is 13.2 Å². The van der Waals surface area contributed by atoms with Gasteiger partial charge >= 0.3 is 12.0 Å². The number of carbonyl (C=O) groups is 3. The van der Waals surface area contributed by atoms with E-state index < -0.39 is 17.9 Å². The smallest absolute Gasteiger partial charge is 0.373 e. The number of ether oxygens (including phenoxy) is 3. The van der Waals surface area contributed by atoms with Crippen molar-refractivity contribution in [1.29, 1.82) is 0 Å². The van der Waals surface area contributed by atoms with Gasteiger partial charge in [0.05, 0.1) is 20.8 Å². The molecule has 3 aromatic rings. The molecular formula is C25H21ClN2O7. The summed E-state index contributed by atoms with van der Waals surface area (Å²) in [5.41, 5.74) is 1.54. The van der Waals surface area contributed by atoms with Crippen LogP contribution in [0.2, 0.25) is 5.02 Å². The van der Waals surface area contributed by atoms with Crippen LogP contribution < -0.4 is 14.8 Å². The summed E-state index contributed by atoms with van der Waals surface area (Å²) in [6, 6.07) is 14.6. The number of rotatable bonds is 8. The van der Waals surface area contributed by atoms with E-state index in [0.29, 0.717) is 27.8 Å². The highest BCUT2D eigenvalue weighted by molar-refractivity contribution is 6.30. The number of nitrogens with zero attached hydrogens (tertiary/aromatic N) is 1. The number of carbonyl (C=O) groups excluding carboxylic acids is 3. The van der Waals surface area contributed by atoms with Crippen molar-refractivity contribution < 1.29 is 33.0 Å². The second kappa shape index (κ2) is 10.4. The number of furan rings is 1. The number of hydrogen-bond donors (Lipinski definition) is 1. The number of amides is 3. The quantitative estimate of drug-likeness (QED) is 0.280. The molecule has 0 radical (unpaired) electrons. The summed E-state index contributed by atoms with van der Waals surface area (Å²) in [6.07, 6.45) is 1.56. The fraction of sp³-hybridized carbons (Fsp3) is 0.160. The lowest BCUT2D eigenvalue weighted by Gasteiger charge is -2.12. The average molecular weight is 497 g/mol. The van der Waals surface area contributed by atoms with Gasteiger partial charge in [0.25, 0.3) is 5.91 Å². The monoisotopic (exact) mass is 496 g/mol. The van der Waals surface area contributed by atoms with Crippen LogP contribution in [0.5, 0.6) is 11.5 Å². The molecule has 3 amide bonds. The molecule has 0 atom stereocenters. The number of urea groups is 1. The van der Waals surface area contributed by atoms with Gasteiger partial charge in [-0.05, 0) is 53.6 Å². The van der Waals surface area contributed by atoms with Crippen LogP contribution in [0, 0.1) is 0 Å². The lowest BCUT2D eigenvalue weighted by Crippen LogP contribution is -2.30. The van der Waals surface area contributed by atoms with Crippen LogP contribution in [0.15, 0.2) is 64.7 Å². The molecule has 0 bridgehead atoms. The molecule has 0 saturated carbocycles. The first-order chi connectivity index (χ1) is 16.9. The Bertz CT molecular complexity index is 1300. The maximum absolute atomic E-state index is 12.8. The van der Waals surface area contributed by atoms with Gasteiger partial charge in [-0.2, -0.15) is 0 Å². The lowest BCUT2D eigenvalue weighted by atomic mass is 10.1. The SMILES string of the molecule is COC(=O)c1ccc(COc2ccc(C=C3NC(=O)N(Cc4ccc(Cl)cc4)C3=O)cc2OC)o1. The Morgan fingerprint density at radius 2 is 1.83 bits per heavy atom. The number of esters is 1. The van der Waals surface area contributed by atoms with Gasteiger partial charge in [-0.3, -0.25) is 9.69 Å². The minimum absolute atomic E-state index is 0.0575. The Kier molecular flexibility index (Phi) is 7.07. The van der Waals surface area contributed by atoms with Gasteiger partial charge in [0.2, 0.25) is 5.76 Å². The van der Waals surface area contributed by atoms with Crippen LogP contribution in [0.4, 0.5) is 4.79 Å². The third kappa shape index (κ3) is 5.47. The van der Waals surface area contributed by atoms with Gasteiger partial charge in [-0.25, -0.2) is 9.59 Å². The first kappa shape index (κ1) is 23.9. The third-order valence-electron chi connectivity index (χ3n) is 5.13. The number of methoxy groups -OCH3 is 2. The second-order valence-electron chi connectivity index (χ2n) is 7.46. The van der Waals surface area contributed by atoms with Gasteiger partial charge in [-0.15, -0.1) is 0 Å². The number of nitrogens with one attached hydrogen (secondary N) is 1. The predicted molar refractivity (Wildman–Crippen MR) is 126 cm³/mol. The summed E-state index contributed by atoms with van der Waals surface area (Å²) in [5, 5.41) is 3.17. The number of benzene rings is 2. The Balaban J connectivity index is 1.45. The molecule has 1 fully saturated rings. The van der Waals surface area contributed by atoms with Crippen LogP contribution in [0.25, 0.3) is 6.08 Å². The zero-order valence-electron chi connectivity index (χ0n) is 18.9. The van der Waals surface area contributed by atoms with E-state index in [1.807, 2.05) is 0 Å². The standard InChI is InChI=1S/C25H21ClN2O7/c1-32-22-12-16(5-9-20(22)34-14-18-8-10-21(35-18)24(30)33-2)11-19-23(29)28(25(31)27-19)13-15-3-6-17(26)7-4-15/h3-12H,13-14H2,1-2H3,(H,27,31). The zero-order valence-corrected chi connectivity index (χ0v) is 19.6. The van der Waals surface area contributed by atoms with Crippen LogP contribution in [-0.4, -0.2) is 37.0 Å². The van der Waals surface area contributed by atoms with Crippen LogP contribution in [0.3, 0.4) is 0 Å². The average Bonchev–Trinajstić information content (AvgIpc) is 3.44. The Labute approximate surface area is 205 Å². The van der Waals surface area contributed by atoms with E-state index in [-0.39, 0.29) is 24.6 Å².